The number of aliphatic imine (C=N–C) groups is 1. The standard InChI is InChI=1S/C17H27N3O2S.HI/c1-15-9-12-20(13-10-15)17(18-2)19-11-6-14-23(21,22)16-7-4-3-5-8-16;/h3-5,7-8,15H,6,9-14H2,1-2H3,(H,18,19);1H. The van der Waals surface area contributed by atoms with Crippen LogP contribution in [0.5, 0.6) is 0 Å². The number of nitrogens with one attached hydrogen (secondary N) is 1. The van der Waals surface area contributed by atoms with Crippen LogP contribution in [0.1, 0.15) is 26.2 Å². The minimum absolute atomic E-state index is 0. The monoisotopic (exact) mass is 465 g/mol. The van der Waals surface area contributed by atoms with Gasteiger partial charge in [0.2, 0.25) is 0 Å². The zero-order valence-corrected chi connectivity index (χ0v) is 17.6. The molecule has 1 aromatic carbocycles. The molecule has 7 heteroatoms. The predicted octanol–water partition coefficient (Wildman–Crippen LogP) is 2.78. The average Bonchev–Trinajstić information content (AvgIpc) is 2.57. The molecule has 0 amide bonds. The molecule has 1 heterocycles. The maximum Gasteiger partial charge on any atom is 0.193 e. The first-order valence-electron chi connectivity index (χ1n) is 8.26. The Morgan fingerprint density at radius 2 is 1.88 bits per heavy atom. The van der Waals surface area contributed by atoms with E-state index in [0.717, 1.165) is 25.0 Å². The Bertz CT molecular complexity index is 612. The van der Waals surface area contributed by atoms with Crippen molar-refractivity contribution in [3.05, 3.63) is 30.3 Å². The Morgan fingerprint density at radius 1 is 1.25 bits per heavy atom. The van der Waals surface area contributed by atoms with Gasteiger partial charge in [0, 0.05) is 26.7 Å². The lowest BCUT2D eigenvalue weighted by atomic mass is 10.00. The fourth-order valence-electron chi connectivity index (χ4n) is 2.76. The molecule has 5 nitrogen and oxygen atoms in total. The van der Waals surface area contributed by atoms with Crippen molar-refractivity contribution in [3.8, 4) is 0 Å². The lowest BCUT2D eigenvalue weighted by Gasteiger charge is -2.32. The summed E-state index contributed by atoms with van der Waals surface area (Å²) in [6, 6.07) is 8.63. The van der Waals surface area contributed by atoms with Gasteiger partial charge in [-0.2, -0.15) is 0 Å². The van der Waals surface area contributed by atoms with Crippen LogP contribution in [0, 0.1) is 5.92 Å². The van der Waals surface area contributed by atoms with Crippen molar-refractivity contribution in [3.63, 3.8) is 0 Å². The highest BCUT2D eigenvalue weighted by atomic mass is 127. The number of guanidine groups is 1. The van der Waals surface area contributed by atoms with Crippen LogP contribution >= 0.6 is 24.0 Å². The van der Waals surface area contributed by atoms with Crippen molar-refractivity contribution >= 4 is 39.8 Å². The molecule has 0 radical (unpaired) electrons. The number of sulfone groups is 1. The van der Waals surface area contributed by atoms with Gasteiger partial charge in [0.1, 0.15) is 0 Å². The molecule has 0 saturated carbocycles. The largest absolute Gasteiger partial charge is 0.356 e. The fourth-order valence-corrected chi connectivity index (χ4v) is 4.09. The van der Waals surface area contributed by atoms with Crippen molar-refractivity contribution < 1.29 is 8.42 Å². The Kier molecular flexibility index (Phi) is 9.04. The van der Waals surface area contributed by atoms with Gasteiger partial charge in [-0.1, -0.05) is 25.1 Å². The van der Waals surface area contributed by atoms with Crippen LogP contribution in [-0.4, -0.2) is 51.7 Å². The van der Waals surface area contributed by atoms with Crippen molar-refractivity contribution in [2.24, 2.45) is 10.9 Å². The predicted molar refractivity (Wildman–Crippen MR) is 110 cm³/mol. The highest BCUT2D eigenvalue weighted by molar-refractivity contribution is 14.0. The van der Waals surface area contributed by atoms with Gasteiger partial charge >= 0.3 is 0 Å². The van der Waals surface area contributed by atoms with Gasteiger partial charge in [-0.3, -0.25) is 4.99 Å². The van der Waals surface area contributed by atoms with Crippen LogP contribution in [-0.2, 0) is 9.84 Å². The van der Waals surface area contributed by atoms with E-state index < -0.39 is 9.84 Å². The summed E-state index contributed by atoms with van der Waals surface area (Å²) < 4.78 is 24.4. The summed E-state index contributed by atoms with van der Waals surface area (Å²) in [5.41, 5.74) is 0. The third kappa shape index (κ3) is 6.23. The first-order chi connectivity index (χ1) is 11.0. The van der Waals surface area contributed by atoms with E-state index in [1.54, 1.807) is 31.3 Å². The third-order valence-corrected chi connectivity index (χ3v) is 6.09. The van der Waals surface area contributed by atoms with Gasteiger partial charge in [0.05, 0.1) is 10.6 Å². The van der Waals surface area contributed by atoms with Gasteiger partial charge in [-0.25, -0.2) is 8.42 Å². The maximum absolute atomic E-state index is 12.2. The quantitative estimate of drug-likeness (QED) is 0.315. The van der Waals surface area contributed by atoms with Crippen LogP contribution in [0.15, 0.2) is 40.2 Å². The zero-order valence-electron chi connectivity index (χ0n) is 14.4. The van der Waals surface area contributed by atoms with E-state index in [-0.39, 0.29) is 29.7 Å². The lowest BCUT2D eigenvalue weighted by Crippen LogP contribution is -2.45. The highest BCUT2D eigenvalue weighted by Gasteiger charge is 2.18. The fraction of sp³-hybridized carbons (Fsp3) is 0.588. The van der Waals surface area contributed by atoms with Crippen LogP contribution in [0.3, 0.4) is 0 Å². The van der Waals surface area contributed by atoms with Crippen LogP contribution in [0.2, 0.25) is 0 Å². The normalized spacial score (nSPS) is 16.6. The van der Waals surface area contributed by atoms with E-state index in [1.807, 2.05) is 6.07 Å². The summed E-state index contributed by atoms with van der Waals surface area (Å²) in [7, 11) is -1.41. The molecule has 1 saturated heterocycles. The van der Waals surface area contributed by atoms with Crippen molar-refractivity contribution in [2.75, 3.05) is 32.4 Å². The van der Waals surface area contributed by atoms with Crippen molar-refractivity contribution in [2.45, 2.75) is 31.1 Å². The van der Waals surface area contributed by atoms with E-state index in [1.165, 1.54) is 12.8 Å². The average molecular weight is 465 g/mol. The summed E-state index contributed by atoms with van der Waals surface area (Å²) in [4.78, 5) is 6.96. The van der Waals surface area contributed by atoms with Gasteiger partial charge in [-0.05, 0) is 37.3 Å². The number of halogens is 1. The Morgan fingerprint density at radius 3 is 2.46 bits per heavy atom. The maximum atomic E-state index is 12.2. The topological polar surface area (TPSA) is 61.8 Å². The summed E-state index contributed by atoms with van der Waals surface area (Å²) in [6.07, 6.45) is 2.94. The second-order valence-electron chi connectivity index (χ2n) is 6.13. The van der Waals surface area contributed by atoms with Crippen molar-refractivity contribution in [1.29, 1.82) is 0 Å². The molecular formula is C17H28IN3O2S. The molecule has 1 aromatic rings. The summed E-state index contributed by atoms with van der Waals surface area (Å²) >= 11 is 0. The van der Waals surface area contributed by atoms with Gasteiger partial charge in [-0.15, -0.1) is 24.0 Å². The van der Waals surface area contributed by atoms with Crippen molar-refractivity contribution in [1.82, 2.24) is 10.2 Å². The smallest absolute Gasteiger partial charge is 0.193 e. The second-order valence-corrected chi connectivity index (χ2v) is 8.24. The number of hydrogen-bond donors (Lipinski definition) is 1. The molecule has 0 aromatic heterocycles. The minimum Gasteiger partial charge on any atom is -0.356 e. The molecule has 1 aliphatic heterocycles. The highest BCUT2D eigenvalue weighted by Crippen LogP contribution is 2.16. The number of hydrogen-bond acceptors (Lipinski definition) is 3. The van der Waals surface area contributed by atoms with E-state index in [0.29, 0.717) is 17.9 Å². The van der Waals surface area contributed by atoms with E-state index in [4.69, 9.17) is 0 Å². The molecule has 136 valence electrons. The van der Waals surface area contributed by atoms with Crippen LogP contribution in [0.25, 0.3) is 0 Å². The molecule has 0 unspecified atom stereocenters. The summed E-state index contributed by atoms with van der Waals surface area (Å²) in [5, 5.41) is 3.29. The number of likely N-dealkylation sites (tertiary alicyclic amines) is 1. The number of nitrogens with zero attached hydrogens (tertiary/aromatic N) is 2. The number of piperidine rings is 1. The van der Waals surface area contributed by atoms with Gasteiger partial charge in [0.25, 0.3) is 0 Å². The van der Waals surface area contributed by atoms with E-state index in [9.17, 15) is 8.42 Å². The SMILES string of the molecule is CN=C(NCCCS(=O)(=O)c1ccccc1)N1CCC(C)CC1.I. The first-order valence-corrected chi connectivity index (χ1v) is 9.91. The molecule has 0 aliphatic carbocycles. The molecule has 24 heavy (non-hydrogen) atoms. The second kappa shape index (κ2) is 10.2. The number of benzene rings is 1. The first kappa shape index (κ1) is 21.2. The molecule has 1 aliphatic rings. The Hall–Kier alpha value is -0.830. The molecular weight excluding hydrogens is 437 g/mol. The summed E-state index contributed by atoms with van der Waals surface area (Å²) in [5.74, 6) is 1.81. The van der Waals surface area contributed by atoms with Gasteiger partial charge in [0.15, 0.2) is 15.8 Å². The number of rotatable bonds is 5. The van der Waals surface area contributed by atoms with E-state index >= 15 is 0 Å². The molecule has 2 rings (SSSR count). The van der Waals surface area contributed by atoms with Gasteiger partial charge < -0.3 is 10.2 Å². The molecule has 0 bridgehead atoms. The summed E-state index contributed by atoms with van der Waals surface area (Å²) in [6.45, 7) is 4.93. The third-order valence-electron chi connectivity index (χ3n) is 4.27. The zero-order chi connectivity index (χ0) is 16.7. The Balaban J connectivity index is 0.00000288. The van der Waals surface area contributed by atoms with Crippen LogP contribution < -0.4 is 5.32 Å². The lowest BCUT2D eigenvalue weighted by molar-refractivity contribution is 0.273. The Labute approximate surface area is 162 Å². The molecule has 1 N–H and O–H groups in total. The minimum atomic E-state index is -3.19. The molecule has 1 fully saturated rings. The van der Waals surface area contributed by atoms with Crippen LogP contribution in [0.4, 0.5) is 0 Å². The van der Waals surface area contributed by atoms with E-state index in [2.05, 4.69) is 22.1 Å². The molecule has 0 atom stereocenters. The molecule has 0 spiro atoms.